The largest absolute Gasteiger partial charge is 0.417 e. The van der Waals surface area contributed by atoms with Crippen LogP contribution in [0.25, 0.3) is 0 Å². The fourth-order valence-electron chi connectivity index (χ4n) is 2.73. The number of nitrogens with one attached hydrogen (secondary N) is 1. The van der Waals surface area contributed by atoms with Crippen LogP contribution in [-0.4, -0.2) is 21.6 Å². The Balaban J connectivity index is 1.79. The third-order valence-corrected chi connectivity index (χ3v) is 5.82. The number of hydrogen-bond acceptors (Lipinski definition) is 6. The van der Waals surface area contributed by atoms with Crippen LogP contribution in [0.3, 0.4) is 0 Å². The summed E-state index contributed by atoms with van der Waals surface area (Å²) >= 11 is 2.18. The lowest BCUT2D eigenvalue weighted by Crippen LogP contribution is -2.30. The maximum Gasteiger partial charge on any atom is 0.417 e. The number of alkyl halides is 3. The summed E-state index contributed by atoms with van der Waals surface area (Å²) in [6.07, 6.45) is -3.05. The molecule has 2 heterocycles. The van der Waals surface area contributed by atoms with Gasteiger partial charge < -0.3 is 5.32 Å². The van der Waals surface area contributed by atoms with Crippen molar-refractivity contribution in [2.75, 3.05) is 5.75 Å². The number of amides is 1. The highest BCUT2D eigenvalue weighted by atomic mass is 32.2. The predicted molar refractivity (Wildman–Crippen MR) is 108 cm³/mol. The van der Waals surface area contributed by atoms with Crippen LogP contribution < -0.4 is 5.32 Å². The summed E-state index contributed by atoms with van der Waals surface area (Å²) in [7, 11) is 0. The first kappa shape index (κ1) is 21.8. The molecule has 10 heteroatoms. The summed E-state index contributed by atoms with van der Waals surface area (Å²) in [4.78, 5) is 20.9. The molecule has 3 rings (SSSR count). The number of aryl methyl sites for hydroxylation is 1. The number of carbonyl (C=O) groups is 1. The van der Waals surface area contributed by atoms with Gasteiger partial charge in [-0.15, -0.1) is 11.3 Å². The summed E-state index contributed by atoms with van der Waals surface area (Å²) in [5.41, 5.74) is -0.679. The highest BCUT2D eigenvalue weighted by Crippen LogP contribution is 2.36. The van der Waals surface area contributed by atoms with E-state index in [1.165, 1.54) is 18.3 Å². The van der Waals surface area contributed by atoms with Gasteiger partial charge in [0.15, 0.2) is 0 Å². The maximum absolute atomic E-state index is 13.2. The molecular weight excluding hydrogens is 433 g/mol. The summed E-state index contributed by atoms with van der Waals surface area (Å²) in [6, 6.07) is 11.2. The molecular formula is C20H15F3N4OS2. The molecule has 5 nitrogen and oxygen atoms in total. The van der Waals surface area contributed by atoms with Crippen LogP contribution in [0.1, 0.15) is 33.4 Å². The minimum Gasteiger partial charge on any atom is -0.342 e. The fourth-order valence-corrected chi connectivity index (χ4v) is 4.30. The number of thioether (sulfide) groups is 1. The molecule has 0 aliphatic rings. The van der Waals surface area contributed by atoms with Gasteiger partial charge in [-0.05, 0) is 18.6 Å². The number of nitrogens with zero attached hydrogens (tertiary/aromatic N) is 3. The van der Waals surface area contributed by atoms with E-state index in [1.807, 2.05) is 30.3 Å². The van der Waals surface area contributed by atoms with Gasteiger partial charge in [0, 0.05) is 17.3 Å². The SMILES string of the molecule is Cc1cc(C(F)(F)F)c(C#N)c(SCC(=O)NC(c2ccccc2)c2nccs2)n1. The van der Waals surface area contributed by atoms with Crippen LogP contribution in [0, 0.1) is 18.3 Å². The molecule has 2 aromatic heterocycles. The molecule has 1 unspecified atom stereocenters. The molecule has 30 heavy (non-hydrogen) atoms. The first-order valence-corrected chi connectivity index (χ1v) is 10.5. The Bertz CT molecular complexity index is 1060. The number of aromatic nitrogens is 2. The number of thiazole rings is 1. The monoisotopic (exact) mass is 448 g/mol. The Labute approximate surface area is 179 Å². The minimum atomic E-state index is -4.68. The molecule has 1 amide bonds. The lowest BCUT2D eigenvalue weighted by atomic mass is 10.1. The quantitative estimate of drug-likeness (QED) is 0.552. The van der Waals surface area contributed by atoms with Crippen LogP contribution in [0.5, 0.6) is 0 Å². The standard InChI is InChI=1S/C20H15F3N4OS2/c1-12-9-15(20(21,22)23)14(10-24)18(26-12)30-11-16(28)27-17(19-25-7-8-29-19)13-5-3-2-4-6-13/h2-9,17H,11H2,1H3,(H,27,28). The molecule has 1 N–H and O–H groups in total. The third kappa shape index (κ3) is 5.17. The van der Waals surface area contributed by atoms with Gasteiger partial charge in [-0.3, -0.25) is 4.79 Å². The van der Waals surface area contributed by atoms with Crippen molar-refractivity contribution in [3.8, 4) is 6.07 Å². The van der Waals surface area contributed by atoms with E-state index >= 15 is 0 Å². The number of nitriles is 1. The van der Waals surface area contributed by atoms with Gasteiger partial charge in [0.2, 0.25) is 5.91 Å². The zero-order valence-corrected chi connectivity index (χ0v) is 17.2. The third-order valence-electron chi connectivity index (χ3n) is 4.01. The van der Waals surface area contributed by atoms with Crippen LogP contribution in [0.2, 0.25) is 0 Å². The minimum absolute atomic E-state index is 0.120. The normalized spacial score (nSPS) is 12.2. The maximum atomic E-state index is 13.2. The van der Waals surface area contributed by atoms with E-state index in [2.05, 4.69) is 15.3 Å². The van der Waals surface area contributed by atoms with Gasteiger partial charge in [-0.1, -0.05) is 42.1 Å². The van der Waals surface area contributed by atoms with Crippen LogP contribution in [0.4, 0.5) is 13.2 Å². The van der Waals surface area contributed by atoms with Crippen molar-refractivity contribution in [2.24, 2.45) is 0 Å². The van der Waals surface area contributed by atoms with Gasteiger partial charge >= 0.3 is 6.18 Å². The van der Waals surface area contributed by atoms with Crippen molar-refractivity contribution in [3.05, 3.63) is 75.4 Å². The molecule has 1 atom stereocenters. The molecule has 154 valence electrons. The van der Waals surface area contributed by atoms with E-state index in [0.29, 0.717) is 5.01 Å². The highest BCUT2D eigenvalue weighted by Gasteiger charge is 2.35. The van der Waals surface area contributed by atoms with E-state index in [1.54, 1.807) is 17.6 Å². The number of halogens is 3. The number of pyridine rings is 1. The van der Waals surface area contributed by atoms with E-state index in [9.17, 15) is 23.2 Å². The van der Waals surface area contributed by atoms with Crippen molar-refractivity contribution < 1.29 is 18.0 Å². The highest BCUT2D eigenvalue weighted by molar-refractivity contribution is 8.00. The predicted octanol–water partition coefficient (Wildman–Crippen LogP) is 4.73. The summed E-state index contributed by atoms with van der Waals surface area (Å²) in [5, 5.41) is 14.4. The van der Waals surface area contributed by atoms with E-state index < -0.39 is 29.3 Å². The molecule has 3 aromatic rings. The van der Waals surface area contributed by atoms with Crippen molar-refractivity contribution >= 4 is 29.0 Å². The lowest BCUT2D eigenvalue weighted by Gasteiger charge is -2.17. The fraction of sp³-hybridized carbons (Fsp3) is 0.200. The Morgan fingerprint density at radius 1 is 1.33 bits per heavy atom. The summed E-state index contributed by atoms with van der Waals surface area (Å²) in [6.45, 7) is 1.41. The molecule has 0 bridgehead atoms. The van der Waals surface area contributed by atoms with Crippen LogP contribution >= 0.6 is 23.1 Å². The smallest absolute Gasteiger partial charge is 0.342 e. The van der Waals surface area contributed by atoms with Gasteiger partial charge in [-0.25, -0.2) is 9.97 Å². The molecule has 0 radical (unpaired) electrons. The molecule has 0 aliphatic carbocycles. The average molecular weight is 448 g/mol. The Kier molecular flexibility index (Phi) is 6.74. The molecule has 0 aliphatic heterocycles. The van der Waals surface area contributed by atoms with Crippen molar-refractivity contribution in [3.63, 3.8) is 0 Å². The lowest BCUT2D eigenvalue weighted by molar-refractivity contribution is -0.138. The second-order valence-electron chi connectivity index (χ2n) is 6.17. The zero-order chi connectivity index (χ0) is 21.7. The van der Waals surface area contributed by atoms with E-state index in [4.69, 9.17) is 0 Å². The first-order chi connectivity index (χ1) is 14.3. The second kappa shape index (κ2) is 9.28. The second-order valence-corrected chi connectivity index (χ2v) is 8.06. The van der Waals surface area contributed by atoms with Crippen molar-refractivity contribution in [2.45, 2.75) is 24.2 Å². The Morgan fingerprint density at radius 3 is 2.67 bits per heavy atom. The Hall–Kier alpha value is -2.90. The Morgan fingerprint density at radius 2 is 2.07 bits per heavy atom. The number of hydrogen-bond donors (Lipinski definition) is 1. The van der Waals surface area contributed by atoms with Gasteiger partial charge in [0.05, 0.1) is 16.9 Å². The topological polar surface area (TPSA) is 78.7 Å². The van der Waals surface area contributed by atoms with Crippen molar-refractivity contribution in [1.29, 1.82) is 5.26 Å². The molecule has 0 spiro atoms. The molecule has 0 fully saturated rings. The number of benzene rings is 1. The molecule has 1 aromatic carbocycles. The van der Waals surface area contributed by atoms with Gasteiger partial charge in [0.25, 0.3) is 0 Å². The summed E-state index contributed by atoms with van der Waals surface area (Å²) in [5.74, 6) is -0.609. The van der Waals surface area contributed by atoms with Gasteiger partial charge in [-0.2, -0.15) is 18.4 Å². The van der Waals surface area contributed by atoms with Gasteiger partial charge in [0.1, 0.15) is 22.1 Å². The first-order valence-electron chi connectivity index (χ1n) is 8.65. The number of carbonyl (C=O) groups excluding carboxylic acids is 1. The number of rotatable bonds is 6. The van der Waals surface area contributed by atoms with Crippen molar-refractivity contribution in [1.82, 2.24) is 15.3 Å². The van der Waals surface area contributed by atoms with E-state index in [-0.39, 0.29) is 16.5 Å². The summed E-state index contributed by atoms with van der Waals surface area (Å²) < 4.78 is 39.7. The zero-order valence-electron chi connectivity index (χ0n) is 15.6. The molecule has 0 saturated heterocycles. The molecule has 0 saturated carbocycles. The van der Waals surface area contributed by atoms with Crippen LogP contribution in [-0.2, 0) is 11.0 Å². The average Bonchev–Trinajstić information content (AvgIpc) is 3.24. The van der Waals surface area contributed by atoms with Crippen LogP contribution in [0.15, 0.2) is 53.0 Å². The van der Waals surface area contributed by atoms with E-state index in [0.717, 1.165) is 23.4 Å².